The minimum Gasteiger partial charge on any atom is -0.494 e. The molecule has 1 heterocycles. The highest BCUT2D eigenvalue weighted by Gasteiger charge is 2.14. The molecule has 1 amide bonds. The Balaban J connectivity index is 1.71. The molecule has 3 aromatic carbocycles. The van der Waals surface area contributed by atoms with Crippen molar-refractivity contribution in [3.05, 3.63) is 90.2 Å². The normalized spacial score (nSPS) is 10.7. The topological polar surface area (TPSA) is 51.2 Å². The smallest absolute Gasteiger partial charge is 0.256 e. The third-order valence-electron chi connectivity index (χ3n) is 4.52. The van der Waals surface area contributed by atoms with Gasteiger partial charge < -0.3 is 10.1 Å². The number of carbonyl (C=O) groups excluding carboxylic acids is 1. The Labute approximate surface area is 168 Å². The van der Waals surface area contributed by atoms with Gasteiger partial charge in [0, 0.05) is 16.6 Å². The number of para-hydroxylation sites is 1. The lowest BCUT2D eigenvalue weighted by molar-refractivity contribution is 0.102. The van der Waals surface area contributed by atoms with Gasteiger partial charge in [0.05, 0.1) is 23.4 Å². The summed E-state index contributed by atoms with van der Waals surface area (Å²) in [5.74, 6) is 0.192. The first-order valence-electron chi connectivity index (χ1n) is 9.34. The van der Waals surface area contributed by atoms with Crippen LogP contribution in [-0.4, -0.2) is 17.5 Å². The Hall–Kier alpha value is -3.73. The second-order valence-corrected chi connectivity index (χ2v) is 6.49. The monoisotopic (exact) mass is 386 g/mol. The minimum atomic E-state index is -0.317. The maximum Gasteiger partial charge on any atom is 0.256 e. The summed E-state index contributed by atoms with van der Waals surface area (Å²) in [4.78, 5) is 17.7. The third-order valence-corrected chi connectivity index (χ3v) is 4.52. The molecule has 0 aliphatic heterocycles. The fourth-order valence-corrected chi connectivity index (χ4v) is 3.13. The van der Waals surface area contributed by atoms with Crippen molar-refractivity contribution < 1.29 is 13.9 Å². The quantitative estimate of drug-likeness (QED) is 0.479. The van der Waals surface area contributed by atoms with Crippen molar-refractivity contribution in [2.75, 3.05) is 11.9 Å². The lowest BCUT2D eigenvalue weighted by Gasteiger charge is -2.11. The van der Waals surface area contributed by atoms with E-state index in [9.17, 15) is 9.18 Å². The Morgan fingerprint density at radius 2 is 1.72 bits per heavy atom. The molecule has 0 atom stereocenters. The van der Waals surface area contributed by atoms with E-state index < -0.39 is 0 Å². The van der Waals surface area contributed by atoms with Crippen LogP contribution < -0.4 is 10.1 Å². The molecule has 0 bridgehead atoms. The van der Waals surface area contributed by atoms with E-state index in [0.29, 0.717) is 29.1 Å². The Kier molecular flexibility index (Phi) is 5.20. The summed E-state index contributed by atoms with van der Waals surface area (Å²) in [5, 5.41) is 3.68. The van der Waals surface area contributed by atoms with E-state index in [-0.39, 0.29) is 11.7 Å². The molecule has 0 saturated heterocycles. The van der Waals surface area contributed by atoms with Gasteiger partial charge in [-0.15, -0.1) is 0 Å². The Morgan fingerprint density at radius 3 is 2.45 bits per heavy atom. The largest absolute Gasteiger partial charge is 0.494 e. The maximum absolute atomic E-state index is 13.3. The predicted octanol–water partition coefficient (Wildman–Crippen LogP) is 5.69. The van der Waals surface area contributed by atoms with Gasteiger partial charge in [-0.1, -0.05) is 18.2 Å². The van der Waals surface area contributed by atoms with Crippen molar-refractivity contribution in [3.8, 4) is 17.0 Å². The number of halogens is 1. The van der Waals surface area contributed by atoms with Gasteiger partial charge in [0.15, 0.2) is 0 Å². The first kappa shape index (κ1) is 18.6. The van der Waals surface area contributed by atoms with Crippen molar-refractivity contribution in [1.29, 1.82) is 0 Å². The molecule has 5 heteroatoms. The zero-order chi connectivity index (χ0) is 20.2. The SMILES string of the molecule is CCOc1ccc(NC(=O)c2cc(-c3ccc(F)cc3)nc3ccccc23)cc1. The van der Waals surface area contributed by atoms with Gasteiger partial charge in [-0.25, -0.2) is 9.37 Å². The number of nitrogens with one attached hydrogen (secondary N) is 1. The van der Waals surface area contributed by atoms with E-state index >= 15 is 0 Å². The molecule has 0 saturated carbocycles. The molecule has 0 radical (unpaired) electrons. The zero-order valence-corrected chi connectivity index (χ0v) is 15.9. The number of amides is 1. The number of nitrogens with zero attached hydrogens (tertiary/aromatic N) is 1. The van der Waals surface area contributed by atoms with Crippen LogP contribution in [0.3, 0.4) is 0 Å². The van der Waals surface area contributed by atoms with Crippen LogP contribution in [0.2, 0.25) is 0 Å². The molecule has 4 nitrogen and oxygen atoms in total. The van der Waals surface area contributed by atoms with Crippen LogP contribution in [0.1, 0.15) is 17.3 Å². The van der Waals surface area contributed by atoms with Crippen LogP contribution in [0.5, 0.6) is 5.75 Å². The van der Waals surface area contributed by atoms with Crippen molar-refractivity contribution >= 4 is 22.5 Å². The van der Waals surface area contributed by atoms with Gasteiger partial charge in [-0.05, 0) is 67.6 Å². The molecule has 0 aliphatic rings. The van der Waals surface area contributed by atoms with Gasteiger partial charge in [0.1, 0.15) is 11.6 Å². The Morgan fingerprint density at radius 1 is 1.00 bits per heavy atom. The number of fused-ring (bicyclic) bond motifs is 1. The molecule has 0 unspecified atom stereocenters. The molecule has 1 aromatic heterocycles. The highest BCUT2D eigenvalue weighted by Crippen LogP contribution is 2.26. The van der Waals surface area contributed by atoms with E-state index in [1.165, 1.54) is 12.1 Å². The lowest BCUT2D eigenvalue weighted by Crippen LogP contribution is -2.13. The van der Waals surface area contributed by atoms with Crippen LogP contribution in [-0.2, 0) is 0 Å². The number of hydrogen-bond acceptors (Lipinski definition) is 3. The summed E-state index contributed by atoms with van der Waals surface area (Å²) in [6.07, 6.45) is 0. The number of anilines is 1. The average molecular weight is 386 g/mol. The van der Waals surface area contributed by atoms with Crippen LogP contribution >= 0.6 is 0 Å². The molecule has 29 heavy (non-hydrogen) atoms. The minimum absolute atomic E-state index is 0.240. The summed E-state index contributed by atoms with van der Waals surface area (Å²) in [6, 6.07) is 22.5. The number of carbonyl (C=O) groups is 1. The number of hydrogen-bond donors (Lipinski definition) is 1. The molecule has 1 N–H and O–H groups in total. The van der Waals surface area contributed by atoms with E-state index in [2.05, 4.69) is 10.3 Å². The second kappa shape index (κ2) is 8.10. The van der Waals surface area contributed by atoms with E-state index in [4.69, 9.17) is 4.74 Å². The van der Waals surface area contributed by atoms with Crippen molar-refractivity contribution in [2.24, 2.45) is 0 Å². The summed E-state index contributed by atoms with van der Waals surface area (Å²) in [5.41, 5.74) is 3.23. The summed E-state index contributed by atoms with van der Waals surface area (Å²) < 4.78 is 18.7. The summed E-state index contributed by atoms with van der Waals surface area (Å²) in [6.45, 7) is 2.50. The number of benzene rings is 3. The van der Waals surface area contributed by atoms with Crippen molar-refractivity contribution in [2.45, 2.75) is 6.92 Å². The highest BCUT2D eigenvalue weighted by atomic mass is 19.1. The fourth-order valence-electron chi connectivity index (χ4n) is 3.13. The molecule has 4 aromatic rings. The number of aromatic nitrogens is 1. The van der Waals surface area contributed by atoms with Crippen LogP contribution in [0.15, 0.2) is 78.9 Å². The van der Waals surface area contributed by atoms with E-state index in [1.54, 1.807) is 30.3 Å². The van der Waals surface area contributed by atoms with Gasteiger partial charge in [-0.2, -0.15) is 0 Å². The van der Waals surface area contributed by atoms with Gasteiger partial charge in [0.2, 0.25) is 0 Å². The summed E-state index contributed by atoms with van der Waals surface area (Å²) >= 11 is 0. The summed E-state index contributed by atoms with van der Waals surface area (Å²) in [7, 11) is 0. The predicted molar refractivity (Wildman–Crippen MR) is 113 cm³/mol. The molecule has 0 fully saturated rings. The lowest BCUT2D eigenvalue weighted by atomic mass is 10.0. The molecule has 4 rings (SSSR count). The molecular formula is C24H19FN2O2. The number of pyridine rings is 1. The van der Waals surface area contributed by atoms with E-state index in [0.717, 1.165) is 16.7 Å². The third kappa shape index (κ3) is 4.09. The standard InChI is InChI=1S/C24H19FN2O2/c1-2-29-19-13-11-18(12-14-19)26-24(28)21-15-23(16-7-9-17(25)10-8-16)27-22-6-4-3-5-20(21)22/h3-15H,2H2,1H3,(H,26,28). The molecule has 0 spiro atoms. The maximum atomic E-state index is 13.3. The first-order chi connectivity index (χ1) is 14.1. The first-order valence-corrected chi connectivity index (χ1v) is 9.34. The Bertz CT molecular complexity index is 1160. The average Bonchev–Trinajstić information content (AvgIpc) is 2.75. The van der Waals surface area contributed by atoms with E-state index in [1.807, 2.05) is 43.3 Å². The van der Waals surface area contributed by atoms with Crippen molar-refractivity contribution in [1.82, 2.24) is 4.98 Å². The fraction of sp³-hybridized carbons (Fsp3) is 0.0833. The van der Waals surface area contributed by atoms with Crippen molar-refractivity contribution in [3.63, 3.8) is 0 Å². The van der Waals surface area contributed by atoms with Gasteiger partial charge in [-0.3, -0.25) is 4.79 Å². The molecule has 144 valence electrons. The molecular weight excluding hydrogens is 367 g/mol. The zero-order valence-electron chi connectivity index (χ0n) is 15.9. The van der Waals surface area contributed by atoms with Crippen LogP contribution in [0, 0.1) is 5.82 Å². The van der Waals surface area contributed by atoms with Gasteiger partial charge >= 0.3 is 0 Å². The number of rotatable bonds is 5. The molecule has 0 aliphatic carbocycles. The van der Waals surface area contributed by atoms with Gasteiger partial charge in [0.25, 0.3) is 5.91 Å². The second-order valence-electron chi connectivity index (χ2n) is 6.49. The number of ether oxygens (including phenoxy) is 1. The van der Waals surface area contributed by atoms with Crippen LogP contribution in [0.25, 0.3) is 22.2 Å². The van der Waals surface area contributed by atoms with Crippen LogP contribution in [0.4, 0.5) is 10.1 Å². The highest BCUT2D eigenvalue weighted by molar-refractivity contribution is 6.13.